The Morgan fingerprint density at radius 2 is 1.48 bits per heavy atom. The highest BCUT2D eigenvalue weighted by molar-refractivity contribution is 7.92. The second kappa shape index (κ2) is 9.40. The summed E-state index contributed by atoms with van der Waals surface area (Å²) in [4.78, 5) is 12.4. The average molecular weight is 442 g/mol. The predicted molar refractivity (Wildman–Crippen MR) is 118 cm³/mol. The molecule has 3 rings (SSSR count). The van der Waals surface area contributed by atoms with Gasteiger partial charge >= 0.3 is 0 Å². The molecule has 3 aromatic carbocycles. The van der Waals surface area contributed by atoms with Crippen molar-refractivity contribution < 1.29 is 27.4 Å². The van der Waals surface area contributed by atoms with E-state index in [0.29, 0.717) is 28.5 Å². The molecule has 162 valence electrons. The molecule has 31 heavy (non-hydrogen) atoms. The molecule has 2 N–H and O–H groups in total. The van der Waals surface area contributed by atoms with E-state index in [4.69, 9.17) is 14.2 Å². The number of methoxy groups -OCH3 is 3. The Bertz CT molecular complexity index is 1180. The van der Waals surface area contributed by atoms with Gasteiger partial charge in [-0.2, -0.15) is 0 Å². The molecule has 0 aliphatic rings. The second-order valence-electron chi connectivity index (χ2n) is 6.38. The third-order valence-corrected chi connectivity index (χ3v) is 5.79. The maximum absolute atomic E-state index is 12.8. The third-order valence-electron chi connectivity index (χ3n) is 4.41. The maximum Gasteiger partial charge on any atom is 0.262 e. The smallest absolute Gasteiger partial charge is 0.262 e. The van der Waals surface area contributed by atoms with Crippen LogP contribution in [0, 0.1) is 0 Å². The maximum atomic E-state index is 12.8. The van der Waals surface area contributed by atoms with Crippen LogP contribution >= 0.6 is 0 Å². The zero-order chi connectivity index (χ0) is 22.4. The molecule has 0 aromatic heterocycles. The lowest BCUT2D eigenvalue weighted by Crippen LogP contribution is -2.14. The van der Waals surface area contributed by atoms with Gasteiger partial charge in [0.15, 0.2) is 0 Å². The molecule has 0 aliphatic carbocycles. The number of carbonyl (C=O) groups excluding carboxylic acids is 1. The molecule has 0 bridgehead atoms. The van der Waals surface area contributed by atoms with Gasteiger partial charge < -0.3 is 19.5 Å². The summed E-state index contributed by atoms with van der Waals surface area (Å²) >= 11 is 0. The van der Waals surface area contributed by atoms with Crippen LogP contribution in [0.15, 0.2) is 71.6 Å². The minimum Gasteiger partial charge on any atom is -0.497 e. The molecule has 0 unspecified atom stereocenters. The lowest BCUT2D eigenvalue weighted by atomic mass is 10.2. The van der Waals surface area contributed by atoms with Crippen molar-refractivity contribution in [1.82, 2.24) is 0 Å². The Balaban J connectivity index is 1.76. The van der Waals surface area contributed by atoms with E-state index in [9.17, 15) is 13.2 Å². The summed E-state index contributed by atoms with van der Waals surface area (Å²) in [5, 5.41) is 2.72. The highest BCUT2D eigenvalue weighted by atomic mass is 32.2. The summed E-state index contributed by atoms with van der Waals surface area (Å²) in [5.41, 5.74) is 1.12. The van der Waals surface area contributed by atoms with Crippen LogP contribution in [0.2, 0.25) is 0 Å². The fourth-order valence-electron chi connectivity index (χ4n) is 2.78. The van der Waals surface area contributed by atoms with Crippen molar-refractivity contribution in [2.75, 3.05) is 31.4 Å². The van der Waals surface area contributed by atoms with E-state index in [1.807, 2.05) is 0 Å². The molecule has 0 heterocycles. The number of benzene rings is 3. The number of anilines is 2. The Labute approximate surface area is 180 Å². The van der Waals surface area contributed by atoms with Gasteiger partial charge in [-0.1, -0.05) is 6.07 Å². The van der Waals surface area contributed by atoms with E-state index in [1.54, 1.807) is 36.4 Å². The summed E-state index contributed by atoms with van der Waals surface area (Å²) in [5.74, 6) is 1.06. The first-order valence-corrected chi connectivity index (χ1v) is 10.6. The summed E-state index contributed by atoms with van der Waals surface area (Å²) in [6.45, 7) is 0. The van der Waals surface area contributed by atoms with Crippen molar-refractivity contribution in [2.45, 2.75) is 4.90 Å². The first-order valence-electron chi connectivity index (χ1n) is 9.16. The predicted octanol–water partition coefficient (Wildman–Crippen LogP) is 3.77. The third kappa shape index (κ3) is 5.26. The number of rotatable bonds is 8. The van der Waals surface area contributed by atoms with Crippen molar-refractivity contribution in [1.29, 1.82) is 0 Å². The zero-order valence-electron chi connectivity index (χ0n) is 17.2. The van der Waals surface area contributed by atoms with Gasteiger partial charge in [0, 0.05) is 17.3 Å². The summed E-state index contributed by atoms with van der Waals surface area (Å²) in [6, 6.07) is 17.3. The van der Waals surface area contributed by atoms with Gasteiger partial charge in [-0.05, 0) is 54.6 Å². The van der Waals surface area contributed by atoms with Crippen LogP contribution in [0.4, 0.5) is 11.4 Å². The average Bonchev–Trinajstić information content (AvgIpc) is 2.79. The topological polar surface area (TPSA) is 103 Å². The number of nitrogens with one attached hydrogen (secondary N) is 2. The van der Waals surface area contributed by atoms with Gasteiger partial charge in [0.2, 0.25) is 0 Å². The minimum atomic E-state index is -3.89. The van der Waals surface area contributed by atoms with Crippen LogP contribution in [0.5, 0.6) is 17.2 Å². The standard InChI is InChI=1S/C22H22N2O6S/c1-28-17-6-4-5-15(13-17)22(25)23-16-7-10-19(11-8-16)31(26,27)24-20-14-18(29-2)9-12-21(20)30-3/h4-14,24H,1-3H3,(H,23,25). The van der Waals surface area contributed by atoms with Gasteiger partial charge in [-0.15, -0.1) is 0 Å². The Morgan fingerprint density at radius 3 is 2.13 bits per heavy atom. The van der Waals surface area contributed by atoms with Crippen LogP contribution in [-0.2, 0) is 10.0 Å². The minimum absolute atomic E-state index is 0.0248. The molecular weight excluding hydrogens is 420 g/mol. The molecule has 8 nitrogen and oxygen atoms in total. The van der Waals surface area contributed by atoms with Crippen molar-refractivity contribution in [3.63, 3.8) is 0 Å². The molecule has 0 radical (unpaired) electrons. The molecule has 0 atom stereocenters. The summed E-state index contributed by atoms with van der Waals surface area (Å²) in [6.07, 6.45) is 0. The van der Waals surface area contributed by atoms with E-state index in [0.717, 1.165) is 0 Å². The Hall–Kier alpha value is -3.72. The SMILES string of the molecule is COc1cccc(C(=O)Nc2ccc(S(=O)(=O)Nc3cc(OC)ccc3OC)cc2)c1. The van der Waals surface area contributed by atoms with Crippen molar-refractivity contribution >= 4 is 27.3 Å². The van der Waals surface area contributed by atoms with Gasteiger partial charge in [0.25, 0.3) is 15.9 Å². The fourth-order valence-corrected chi connectivity index (χ4v) is 3.84. The normalized spacial score (nSPS) is 10.8. The molecule has 0 spiro atoms. The van der Waals surface area contributed by atoms with Crippen LogP contribution in [0.3, 0.4) is 0 Å². The molecule has 0 saturated carbocycles. The Kier molecular flexibility index (Phi) is 6.66. The van der Waals surface area contributed by atoms with Crippen LogP contribution in [-0.4, -0.2) is 35.7 Å². The van der Waals surface area contributed by atoms with E-state index in [-0.39, 0.29) is 16.5 Å². The number of carbonyl (C=O) groups is 1. The summed E-state index contributed by atoms with van der Waals surface area (Å²) in [7, 11) is 0.556. The molecular formula is C22H22N2O6S. The highest BCUT2D eigenvalue weighted by Crippen LogP contribution is 2.31. The van der Waals surface area contributed by atoms with Crippen molar-refractivity contribution in [2.24, 2.45) is 0 Å². The number of hydrogen-bond acceptors (Lipinski definition) is 6. The van der Waals surface area contributed by atoms with Crippen LogP contribution < -0.4 is 24.2 Å². The largest absolute Gasteiger partial charge is 0.497 e. The lowest BCUT2D eigenvalue weighted by Gasteiger charge is -2.13. The van der Waals surface area contributed by atoms with E-state index >= 15 is 0 Å². The van der Waals surface area contributed by atoms with Crippen LogP contribution in [0.25, 0.3) is 0 Å². The quantitative estimate of drug-likeness (QED) is 0.551. The first kappa shape index (κ1) is 22.0. The molecule has 3 aromatic rings. The van der Waals surface area contributed by atoms with Crippen LogP contribution in [0.1, 0.15) is 10.4 Å². The van der Waals surface area contributed by atoms with Crippen molar-refractivity contribution in [3.8, 4) is 17.2 Å². The molecule has 9 heteroatoms. The van der Waals surface area contributed by atoms with E-state index in [2.05, 4.69) is 10.0 Å². The molecule has 1 amide bonds. The van der Waals surface area contributed by atoms with Gasteiger partial charge in [0.1, 0.15) is 17.2 Å². The number of sulfonamides is 1. The van der Waals surface area contributed by atoms with Gasteiger partial charge in [0.05, 0.1) is 31.9 Å². The van der Waals surface area contributed by atoms with E-state index in [1.165, 1.54) is 51.7 Å². The fraction of sp³-hybridized carbons (Fsp3) is 0.136. The second-order valence-corrected chi connectivity index (χ2v) is 8.06. The molecule has 0 fully saturated rings. The summed E-state index contributed by atoms with van der Waals surface area (Å²) < 4.78 is 43.5. The molecule has 0 saturated heterocycles. The van der Waals surface area contributed by atoms with Crippen molar-refractivity contribution in [3.05, 3.63) is 72.3 Å². The van der Waals surface area contributed by atoms with Gasteiger partial charge in [-0.3, -0.25) is 9.52 Å². The van der Waals surface area contributed by atoms with Gasteiger partial charge in [-0.25, -0.2) is 8.42 Å². The first-order chi connectivity index (χ1) is 14.9. The number of hydrogen-bond donors (Lipinski definition) is 2. The Morgan fingerprint density at radius 1 is 0.806 bits per heavy atom. The zero-order valence-corrected chi connectivity index (χ0v) is 18.0. The number of amides is 1. The van der Waals surface area contributed by atoms with E-state index < -0.39 is 10.0 Å². The number of ether oxygens (including phenoxy) is 3. The monoisotopic (exact) mass is 442 g/mol. The highest BCUT2D eigenvalue weighted by Gasteiger charge is 2.17. The lowest BCUT2D eigenvalue weighted by molar-refractivity contribution is 0.102. The molecule has 0 aliphatic heterocycles.